The van der Waals surface area contributed by atoms with Crippen LogP contribution in [0.3, 0.4) is 0 Å². The van der Waals surface area contributed by atoms with Gasteiger partial charge in [-0.1, -0.05) is 0 Å². The number of hydrogen-bond donors (Lipinski definition) is 1. The molecular weight excluding hydrogens is 325 g/mol. The Hall–Kier alpha value is -1.81. The normalized spacial score (nSPS) is 18.5. The van der Waals surface area contributed by atoms with Gasteiger partial charge in [0.2, 0.25) is 5.92 Å². The molecule has 1 aromatic rings. The Morgan fingerprint density at radius 2 is 1.91 bits per heavy atom. The summed E-state index contributed by atoms with van der Waals surface area (Å²) >= 11 is 0. The van der Waals surface area contributed by atoms with Crippen LogP contribution in [0.2, 0.25) is 0 Å². The summed E-state index contributed by atoms with van der Waals surface area (Å²) in [7, 11) is 0. The van der Waals surface area contributed by atoms with Crippen molar-refractivity contribution in [1.29, 1.82) is 0 Å². The topological polar surface area (TPSA) is 55.1 Å². The number of aromatic carboxylic acids is 1. The van der Waals surface area contributed by atoms with Gasteiger partial charge in [-0.15, -0.1) is 0 Å². The number of carboxylic acid groups (broad SMARTS) is 1. The Kier molecular flexibility index (Phi) is 3.86. The number of nitrogens with zero attached hydrogens (tertiary/aromatic N) is 2. The lowest BCUT2D eigenvalue weighted by molar-refractivity contribution is -0.140. The maximum Gasteiger partial charge on any atom is 0.420 e. The third-order valence-corrected chi connectivity index (χ3v) is 3.28. The molecule has 1 aliphatic carbocycles. The summed E-state index contributed by atoms with van der Waals surface area (Å²) in [5.74, 6) is -5.89. The number of carbonyl (C=O) groups is 1. The molecule has 0 aliphatic heterocycles. The zero-order valence-corrected chi connectivity index (χ0v) is 10.7. The van der Waals surface area contributed by atoms with Crippen molar-refractivity contribution in [3.8, 4) is 0 Å². The van der Waals surface area contributed by atoms with Gasteiger partial charge in [0.1, 0.15) is 11.3 Å². The van der Waals surface area contributed by atoms with Gasteiger partial charge >= 0.3 is 12.1 Å². The molecule has 0 spiro atoms. The second kappa shape index (κ2) is 5.13. The van der Waals surface area contributed by atoms with Crippen molar-refractivity contribution in [3.05, 3.63) is 17.0 Å². The number of rotatable bonds is 4. The molecule has 1 N–H and O–H groups in total. The standard InChI is InChI=1S/C11H9F7N2O2/c12-8(13)6-5(11(16,17)18)7(9(21)22)20(19-6)3-4-1-10(14,15)2-4/h4,8H,1-3H2,(H,21,22). The van der Waals surface area contributed by atoms with Crippen molar-refractivity contribution in [2.45, 2.75) is 37.9 Å². The Balaban J connectivity index is 2.43. The first-order valence-corrected chi connectivity index (χ1v) is 5.99. The van der Waals surface area contributed by atoms with E-state index >= 15 is 0 Å². The molecule has 0 amide bonds. The zero-order valence-electron chi connectivity index (χ0n) is 10.7. The first-order chi connectivity index (χ1) is 9.92. The van der Waals surface area contributed by atoms with Crippen molar-refractivity contribution in [2.24, 2.45) is 5.92 Å². The molecule has 0 unspecified atom stereocenters. The molecule has 1 aromatic heterocycles. The summed E-state index contributed by atoms with van der Waals surface area (Å²) in [6.45, 7) is -0.590. The van der Waals surface area contributed by atoms with Crippen molar-refractivity contribution in [2.75, 3.05) is 0 Å². The molecule has 0 radical (unpaired) electrons. The van der Waals surface area contributed by atoms with Gasteiger partial charge in [0.15, 0.2) is 5.69 Å². The van der Waals surface area contributed by atoms with Crippen molar-refractivity contribution in [1.82, 2.24) is 9.78 Å². The van der Waals surface area contributed by atoms with E-state index in [9.17, 15) is 35.5 Å². The van der Waals surface area contributed by atoms with Crippen LogP contribution in [0.5, 0.6) is 0 Å². The van der Waals surface area contributed by atoms with E-state index in [2.05, 4.69) is 5.10 Å². The van der Waals surface area contributed by atoms with Crippen LogP contribution < -0.4 is 0 Å². The van der Waals surface area contributed by atoms with E-state index in [4.69, 9.17) is 5.11 Å². The highest BCUT2D eigenvalue weighted by atomic mass is 19.4. The second-order valence-corrected chi connectivity index (χ2v) is 5.02. The lowest BCUT2D eigenvalue weighted by Gasteiger charge is -2.34. The van der Waals surface area contributed by atoms with Crippen LogP contribution in [0.25, 0.3) is 0 Å². The van der Waals surface area contributed by atoms with Crippen molar-refractivity contribution in [3.63, 3.8) is 0 Å². The highest BCUT2D eigenvalue weighted by Crippen LogP contribution is 2.44. The fourth-order valence-corrected chi connectivity index (χ4v) is 2.42. The molecule has 1 heterocycles. The number of halogens is 7. The van der Waals surface area contributed by atoms with Gasteiger partial charge < -0.3 is 5.11 Å². The predicted octanol–water partition coefficient (Wildman–Crippen LogP) is 3.58. The maximum absolute atomic E-state index is 12.8. The van der Waals surface area contributed by atoms with Gasteiger partial charge in [0, 0.05) is 19.4 Å². The van der Waals surface area contributed by atoms with Crippen molar-refractivity contribution < 1.29 is 40.6 Å². The monoisotopic (exact) mass is 334 g/mol. The molecule has 2 rings (SSSR count). The van der Waals surface area contributed by atoms with Gasteiger partial charge in [0.25, 0.3) is 6.43 Å². The van der Waals surface area contributed by atoms with E-state index in [0.717, 1.165) is 0 Å². The zero-order chi connectivity index (χ0) is 16.9. The molecule has 11 heteroatoms. The van der Waals surface area contributed by atoms with Crippen LogP contribution in [-0.4, -0.2) is 26.8 Å². The highest BCUT2D eigenvalue weighted by Gasteiger charge is 2.48. The smallest absolute Gasteiger partial charge is 0.420 e. The molecule has 0 saturated heterocycles. The largest absolute Gasteiger partial charge is 0.477 e. The van der Waals surface area contributed by atoms with E-state index in [-0.39, 0.29) is 4.68 Å². The summed E-state index contributed by atoms with van der Waals surface area (Å²) in [6, 6.07) is 0. The fraction of sp³-hybridized carbons (Fsp3) is 0.636. The number of aromatic nitrogens is 2. The molecule has 124 valence electrons. The van der Waals surface area contributed by atoms with Crippen LogP contribution in [0.4, 0.5) is 30.7 Å². The average molecular weight is 334 g/mol. The van der Waals surface area contributed by atoms with Gasteiger partial charge in [-0.05, 0) is 5.92 Å². The van der Waals surface area contributed by atoms with E-state index < -0.39 is 66.7 Å². The molecule has 0 atom stereocenters. The van der Waals surface area contributed by atoms with E-state index in [1.165, 1.54) is 0 Å². The lowest BCUT2D eigenvalue weighted by Crippen LogP contribution is -2.38. The van der Waals surface area contributed by atoms with Gasteiger partial charge in [-0.2, -0.15) is 18.3 Å². The quantitative estimate of drug-likeness (QED) is 0.856. The molecule has 22 heavy (non-hydrogen) atoms. The summed E-state index contributed by atoms with van der Waals surface area (Å²) in [6.07, 6.45) is -10.3. The van der Waals surface area contributed by atoms with Crippen LogP contribution in [0.1, 0.15) is 41.0 Å². The Morgan fingerprint density at radius 3 is 2.27 bits per heavy atom. The molecule has 0 bridgehead atoms. The average Bonchev–Trinajstić information content (AvgIpc) is 2.65. The van der Waals surface area contributed by atoms with E-state index in [1.807, 2.05) is 0 Å². The van der Waals surface area contributed by atoms with Crippen LogP contribution in [0.15, 0.2) is 0 Å². The molecule has 1 aliphatic rings. The molecular formula is C11H9F7N2O2. The van der Waals surface area contributed by atoms with Crippen LogP contribution >= 0.6 is 0 Å². The third-order valence-electron chi connectivity index (χ3n) is 3.28. The minimum atomic E-state index is -5.35. The maximum atomic E-state index is 12.8. The summed E-state index contributed by atoms with van der Waals surface area (Å²) in [5.41, 5.74) is -5.21. The molecule has 1 fully saturated rings. The van der Waals surface area contributed by atoms with Crippen LogP contribution in [0, 0.1) is 5.92 Å². The Morgan fingerprint density at radius 1 is 1.36 bits per heavy atom. The third kappa shape index (κ3) is 3.02. The fourth-order valence-electron chi connectivity index (χ4n) is 2.42. The number of alkyl halides is 7. The van der Waals surface area contributed by atoms with Crippen molar-refractivity contribution >= 4 is 5.97 Å². The molecule has 1 saturated carbocycles. The summed E-state index contributed by atoms with van der Waals surface area (Å²) in [4.78, 5) is 11.0. The van der Waals surface area contributed by atoms with Gasteiger partial charge in [-0.3, -0.25) is 4.68 Å². The first kappa shape index (κ1) is 16.6. The highest BCUT2D eigenvalue weighted by molar-refractivity contribution is 5.88. The molecule has 4 nitrogen and oxygen atoms in total. The predicted molar refractivity (Wildman–Crippen MR) is 56.8 cm³/mol. The van der Waals surface area contributed by atoms with Crippen LogP contribution in [-0.2, 0) is 12.7 Å². The van der Waals surface area contributed by atoms with Gasteiger partial charge in [0.05, 0.1) is 0 Å². The second-order valence-electron chi connectivity index (χ2n) is 5.02. The molecule has 0 aromatic carbocycles. The summed E-state index contributed by atoms with van der Waals surface area (Å²) < 4.78 is 89.5. The minimum Gasteiger partial charge on any atom is -0.477 e. The van der Waals surface area contributed by atoms with Gasteiger partial charge in [-0.25, -0.2) is 22.4 Å². The number of hydrogen-bond acceptors (Lipinski definition) is 2. The minimum absolute atomic E-state index is 0.229. The Bertz CT molecular complexity index is 586. The summed E-state index contributed by atoms with van der Waals surface area (Å²) in [5, 5.41) is 11.8. The lowest BCUT2D eigenvalue weighted by atomic mass is 9.81. The number of carboxylic acids is 1. The van der Waals surface area contributed by atoms with E-state index in [0.29, 0.717) is 0 Å². The van der Waals surface area contributed by atoms with E-state index in [1.54, 1.807) is 0 Å². The Labute approximate surface area is 118 Å². The SMILES string of the molecule is O=C(O)c1c(C(F)(F)F)c(C(F)F)nn1CC1CC(F)(F)C1. The first-order valence-electron chi connectivity index (χ1n) is 5.99.